The van der Waals surface area contributed by atoms with Crippen molar-refractivity contribution in [1.82, 2.24) is 14.6 Å². The Morgan fingerprint density at radius 3 is 2.70 bits per heavy atom. The summed E-state index contributed by atoms with van der Waals surface area (Å²) < 4.78 is 29.0. The molecule has 2 aliphatic rings. The van der Waals surface area contributed by atoms with E-state index in [9.17, 15) is 8.42 Å². The Morgan fingerprint density at radius 1 is 1.30 bits per heavy atom. The largest absolute Gasteiger partial charge is 0.352 e. The van der Waals surface area contributed by atoms with Gasteiger partial charge in [-0.1, -0.05) is 12.8 Å². The quantitative estimate of drug-likeness (QED) is 0.761. The summed E-state index contributed by atoms with van der Waals surface area (Å²) in [5.74, 6) is 0.742. The van der Waals surface area contributed by atoms with Gasteiger partial charge in [-0.25, -0.2) is 13.1 Å². The number of aryl methyl sites for hydroxylation is 1. The van der Waals surface area contributed by atoms with E-state index in [2.05, 4.69) is 10.0 Å². The van der Waals surface area contributed by atoms with Crippen LogP contribution in [0, 0.1) is 5.92 Å². The van der Waals surface area contributed by atoms with Gasteiger partial charge in [0.2, 0.25) is 10.0 Å². The van der Waals surface area contributed by atoms with Crippen LogP contribution in [0.3, 0.4) is 0 Å². The van der Waals surface area contributed by atoms with Crippen molar-refractivity contribution in [3.8, 4) is 0 Å². The van der Waals surface area contributed by atoms with Crippen molar-refractivity contribution in [2.45, 2.75) is 49.6 Å². The van der Waals surface area contributed by atoms with E-state index in [-0.39, 0.29) is 0 Å². The molecule has 0 aliphatic heterocycles. The maximum Gasteiger partial charge on any atom is 0.242 e. The summed E-state index contributed by atoms with van der Waals surface area (Å²) in [6.07, 6.45) is 7.64. The van der Waals surface area contributed by atoms with Gasteiger partial charge in [0.15, 0.2) is 0 Å². The van der Waals surface area contributed by atoms with E-state index < -0.39 is 10.0 Å². The number of sulfonamides is 1. The molecule has 2 N–H and O–H groups in total. The minimum atomic E-state index is -3.35. The van der Waals surface area contributed by atoms with Gasteiger partial charge in [-0.2, -0.15) is 0 Å². The molecular formula is C14H23N3O2S. The summed E-state index contributed by atoms with van der Waals surface area (Å²) >= 11 is 0. The van der Waals surface area contributed by atoms with E-state index in [1.54, 1.807) is 12.3 Å². The monoisotopic (exact) mass is 297 g/mol. The summed E-state index contributed by atoms with van der Waals surface area (Å²) in [6.45, 7) is 1.29. The lowest BCUT2D eigenvalue weighted by atomic mass is 10.3. The van der Waals surface area contributed by atoms with Gasteiger partial charge < -0.3 is 9.88 Å². The third-order valence-corrected chi connectivity index (χ3v) is 5.51. The van der Waals surface area contributed by atoms with Gasteiger partial charge in [0.05, 0.1) is 4.90 Å². The molecule has 20 heavy (non-hydrogen) atoms. The molecule has 2 saturated carbocycles. The van der Waals surface area contributed by atoms with Gasteiger partial charge in [-0.15, -0.1) is 0 Å². The van der Waals surface area contributed by atoms with E-state index in [0.29, 0.717) is 17.5 Å². The van der Waals surface area contributed by atoms with E-state index in [4.69, 9.17) is 0 Å². The van der Waals surface area contributed by atoms with Crippen LogP contribution < -0.4 is 10.0 Å². The molecule has 5 nitrogen and oxygen atoms in total. The highest BCUT2D eigenvalue weighted by Gasteiger charge is 2.24. The zero-order valence-corrected chi connectivity index (χ0v) is 12.7. The third kappa shape index (κ3) is 3.62. The van der Waals surface area contributed by atoms with Gasteiger partial charge in [0.1, 0.15) is 0 Å². The Hall–Kier alpha value is -0.850. The lowest BCUT2D eigenvalue weighted by molar-refractivity contribution is 0.575. The molecule has 6 heteroatoms. The maximum atomic E-state index is 12.2. The number of aromatic nitrogens is 1. The molecule has 0 saturated heterocycles. The van der Waals surface area contributed by atoms with Gasteiger partial charge in [0.25, 0.3) is 0 Å². The van der Waals surface area contributed by atoms with Crippen LogP contribution in [0.5, 0.6) is 0 Å². The molecule has 1 aromatic heterocycles. The molecule has 0 atom stereocenters. The second-order valence-electron chi connectivity index (χ2n) is 6.06. The number of hydrogen-bond acceptors (Lipinski definition) is 3. The number of nitrogens with one attached hydrogen (secondary N) is 2. The normalized spacial score (nSPS) is 19.4. The van der Waals surface area contributed by atoms with Gasteiger partial charge >= 0.3 is 0 Å². The van der Waals surface area contributed by atoms with E-state index >= 15 is 0 Å². The van der Waals surface area contributed by atoms with Gasteiger partial charge in [-0.05, 0) is 31.2 Å². The van der Waals surface area contributed by atoms with Crippen molar-refractivity contribution < 1.29 is 8.42 Å². The molecule has 2 fully saturated rings. The summed E-state index contributed by atoms with van der Waals surface area (Å²) in [5.41, 5.74) is 1.01. The second kappa shape index (κ2) is 5.50. The fourth-order valence-corrected chi connectivity index (χ4v) is 3.46. The van der Waals surface area contributed by atoms with Crippen LogP contribution in [0.25, 0.3) is 0 Å². The molecule has 0 bridgehead atoms. The molecule has 0 radical (unpaired) electrons. The molecular weight excluding hydrogens is 274 g/mol. The molecule has 0 spiro atoms. The highest BCUT2D eigenvalue weighted by Crippen LogP contribution is 2.31. The second-order valence-corrected chi connectivity index (χ2v) is 7.83. The Kier molecular flexibility index (Phi) is 3.88. The molecule has 0 unspecified atom stereocenters. The van der Waals surface area contributed by atoms with Crippen LogP contribution in [0.15, 0.2) is 17.2 Å². The molecule has 0 aromatic carbocycles. The summed E-state index contributed by atoms with van der Waals surface area (Å²) in [6, 6.07) is 2.40. The van der Waals surface area contributed by atoms with E-state index in [1.807, 2.05) is 11.6 Å². The van der Waals surface area contributed by atoms with Crippen molar-refractivity contribution in [2.75, 3.05) is 6.54 Å². The average molecular weight is 297 g/mol. The first-order chi connectivity index (χ1) is 9.54. The van der Waals surface area contributed by atoms with Crippen molar-refractivity contribution in [2.24, 2.45) is 13.0 Å². The first-order valence-electron chi connectivity index (χ1n) is 7.43. The molecule has 112 valence electrons. The molecule has 1 heterocycles. The van der Waals surface area contributed by atoms with Crippen molar-refractivity contribution in [3.63, 3.8) is 0 Å². The van der Waals surface area contributed by atoms with Gasteiger partial charge in [0, 0.05) is 38.1 Å². The SMILES string of the molecule is Cn1cc(S(=O)(=O)NCCC2CC2)cc1CNC1CC1. The number of hydrogen-bond donors (Lipinski definition) is 2. The standard InChI is InChI=1S/C14H23N3O2S/c1-17-10-14(8-13(17)9-15-12-4-5-12)20(18,19)16-7-6-11-2-3-11/h8,10-12,15-16H,2-7,9H2,1H3. The van der Waals surface area contributed by atoms with Crippen LogP contribution in [-0.2, 0) is 23.6 Å². The minimum Gasteiger partial charge on any atom is -0.352 e. The average Bonchev–Trinajstić information content (AvgIpc) is 3.28. The number of rotatable bonds is 8. The first kappa shape index (κ1) is 14.1. The summed E-state index contributed by atoms with van der Waals surface area (Å²) in [4.78, 5) is 0.378. The van der Waals surface area contributed by atoms with Crippen LogP contribution in [0.4, 0.5) is 0 Å². The van der Waals surface area contributed by atoms with Crippen LogP contribution in [-0.4, -0.2) is 25.6 Å². The highest BCUT2D eigenvalue weighted by atomic mass is 32.2. The predicted molar refractivity (Wildman–Crippen MR) is 77.8 cm³/mol. The fourth-order valence-electron chi connectivity index (χ4n) is 2.32. The zero-order chi connectivity index (χ0) is 14.2. The van der Waals surface area contributed by atoms with Crippen molar-refractivity contribution in [1.29, 1.82) is 0 Å². The van der Waals surface area contributed by atoms with Crippen LogP contribution in [0.1, 0.15) is 37.8 Å². The topological polar surface area (TPSA) is 63.1 Å². The number of nitrogens with zero attached hydrogens (tertiary/aromatic N) is 1. The smallest absolute Gasteiger partial charge is 0.242 e. The van der Waals surface area contributed by atoms with Crippen LogP contribution in [0.2, 0.25) is 0 Å². The Morgan fingerprint density at radius 2 is 2.05 bits per heavy atom. The zero-order valence-electron chi connectivity index (χ0n) is 11.9. The van der Waals surface area contributed by atoms with E-state index in [1.165, 1.54) is 25.7 Å². The lowest BCUT2D eigenvalue weighted by Crippen LogP contribution is -2.24. The van der Waals surface area contributed by atoms with Crippen molar-refractivity contribution in [3.05, 3.63) is 18.0 Å². The minimum absolute atomic E-state index is 0.378. The first-order valence-corrected chi connectivity index (χ1v) is 8.91. The predicted octanol–water partition coefficient (Wildman–Crippen LogP) is 1.36. The lowest BCUT2D eigenvalue weighted by Gasteiger charge is -2.03. The Balaban J connectivity index is 1.59. The van der Waals surface area contributed by atoms with Gasteiger partial charge in [-0.3, -0.25) is 0 Å². The Bertz CT molecular complexity index is 571. The van der Waals surface area contributed by atoms with E-state index in [0.717, 1.165) is 24.6 Å². The third-order valence-electron chi connectivity index (χ3n) is 4.08. The Labute approximate surface area is 120 Å². The molecule has 1 aromatic rings. The molecule has 2 aliphatic carbocycles. The van der Waals surface area contributed by atoms with Crippen molar-refractivity contribution >= 4 is 10.0 Å². The maximum absolute atomic E-state index is 12.2. The summed E-state index contributed by atoms with van der Waals surface area (Å²) in [5, 5.41) is 3.41. The van der Waals surface area contributed by atoms with Crippen LogP contribution >= 0.6 is 0 Å². The molecule has 3 rings (SSSR count). The molecule has 0 amide bonds. The highest BCUT2D eigenvalue weighted by molar-refractivity contribution is 7.89. The summed E-state index contributed by atoms with van der Waals surface area (Å²) in [7, 11) is -1.46. The fraction of sp³-hybridized carbons (Fsp3) is 0.714.